The Bertz CT molecular complexity index is 503. The van der Waals surface area contributed by atoms with Crippen LogP contribution in [-0.4, -0.2) is 22.4 Å². The van der Waals surface area contributed by atoms with E-state index in [9.17, 15) is 0 Å². The first kappa shape index (κ1) is 11.5. The maximum Gasteiger partial charge on any atom is 0.0492 e. The SMILES string of the molecule is Cn1nccc1CCNC1CC1c1ccccc1. The van der Waals surface area contributed by atoms with Gasteiger partial charge in [-0.1, -0.05) is 30.3 Å². The topological polar surface area (TPSA) is 29.9 Å². The summed E-state index contributed by atoms with van der Waals surface area (Å²) >= 11 is 0. The van der Waals surface area contributed by atoms with Crippen LogP contribution in [0, 0.1) is 0 Å². The van der Waals surface area contributed by atoms with Gasteiger partial charge in [-0.3, -0.25) is 4.68 Å². The van der Waals surface area contributed by atoms with Crippen LogP contribution in [0.15, 0.2) is 42.6 Å². The molecule has 2 unspecified atom stereocenters. The number of benzene rings is 1. The lowest BCUT2D eigenvalue weighted by molar-refractivity contribution is 0.633. The molecule has 1 saturated carbocycles. The molecule has 2 atom stereocenters. The molecule has 1 aliphatic rings. The van der Waals surface area contributed by atoms with E-state index in [1.165, 1.54) is 17.7 Å². The maximum atomic E-state index is 4.18. The minimum Gasteiger partial charge on any atom is -0.313 e. The molecule has 1 heterocycles. The Balaban J connectivity index is 1.45. The van der Waals surface area contributed by atoms with Gasteiger partial charge in [-0.05, 0) is 18.1 Å². The Hall–Kier alpha value is -1.61. The second-order valence-corrected chi connectivity index (χ2v) is 5.01. The molecule has 0 aliphatic heterocycles. The van der Waals surface area contributed by atoms with Gasteiger partial charge in [-0.15, -0.1) is 0 Å². The minimum atomic E-state index is 0.667. The van der Waals surface area contributed by atoms with Gasteiger partial charge in [0.2, 0.25) is 0 Å². The van der Waals surface area contributed by atoms with Gasteiger partial charge < -0.3 is 5.32 Å². The minimum absolute atomic E-state index is 0.667. The van der Waals surface area contributed by atoms with E-state index in [4.69, 9.17) is 0 Å². The molecule has 0 radical (unpaired) electrons. The first-order chi connectivity index (χ1) is 8.84. The molecular weight excluding hydrogens is 222 g/mol. The molecule has 3 nitrogen and oxygen atoms in total. The van der Waals surface area contributed by atoms with Crippen LogP contribution in [0.25, 0.3) is 0 Å². The maximum absolute atomic E-state index is 4.18. The van der Waals surface area contributed by atoms with Crippen LogP contribution in [0.2, 0.25) is 0 Å². The third-order valence-corrected chi connectivity index (χ3v) is 3.73. The highest BCUT2D eigenvalue weighted by Gasteiger charge is 2.37. The molecule has 0 saturated heterocycles. The summed E-state index contributed by atoms with van der Waals surface area (Å²) in [5, 5.41) is 7.81. The summed E-state index contributed by atoms with van der Waals surface area (Å²) in [6, 6.07) is 13.5. The summed E-state index contributed by atoms with van der Waals surface area (Å²) in [6.45, 7) is 1.04. The first-order valence-electron chi connectivity index (χ1n) is 6.60. The third-order valence-electron chi connectivity index (χ3n) is 3.73. The highest BCUT2D eigenvalue weighted by Crippen LogP contribution is 2.40. The van der Waals surface area contributed by atoms with Crippen LogP contribution in [0.1, 0.15) is 23.6 Å². The number of aryl methyl sites for hydroxylation is 1. The van der Waals surface area contributed by atoms with Crippen LogP contribution in [-0.2, 0) is 13.5 Å². The smallest absolute Gasteiger partial charge is 0.0492 e. The van der Waals surface area contributed by atoms with Gasteiger partial charge in [0.15, 0.2) is 0 Å². The molecule has 0 spiro atoms. The quantitative estimate of drug-likeness (QED) is 0.869. The monoisotopic (exact) mass is 241 g/mol. The molecule has 18 heavy (non-hydrogen) atoms. The predicted octanol–water partition coefficient (Wildman–Crippen LogP) is 2.11. The average molecular weight is 241 g/mol. The molecule has 2 aromatic rings. The fraction of sp³-hybridized carbons (Fsp3) is 0.400. The summed E-state index contributed by atoms with van der Waals surface area (Å²) < 4.78 is 1.95. The highest BCUT2D eigenvalue weighted by molar-refractivity contribution is 5.27. The number of rotatable bonds is 5. The molecular formula is C15H19N3. The van der Waals surface area contributed by atoms with Gasteiger partial charge in [-0.25, -0.2) is 0 Å². The summed E-state index contributed by atoms with van der Waals surface area (Å²) in [5.74, 6) is 0.720. The standard InChI is InChI=1S/C15H19N3/c1-18-13(8-10-17-18)7-9-16-15-11-14(15)12-5-3-2-4-6-12/h2-6,8,10,14-16H,7,9,11H2,1H3. The summed E-state index contributed by atoms with van der Waals surface area (Å²) in [6.07, 6.45) is 4.18. The Morgan fingerprint density at radius 3 is 2.83 bits per heavy atom. The second kappa shape index (κ2) is 4.94. The lowest BCUT2D eigenvalue weighted by Crippen LogP contribution is -2.21. The van der Waals surface area contributed by atoms with Gasteiger partial charge in [0.05, 0.1) is 0 Å². The van der Waals surface area contributed by atoms with Crippen LogP contribution < -0.4 is 5.32 Å². The van der Waals surface area contributed by atoms with Crippen molar-refractivity contribution in [3.05, 3.63) is 53.9 Å². The van der Waals surface area contributed by atoms with E-state index in [1.807, 2.05) is 17.9 Å². The van der Waals surface area contributed by atoms with Crippen molar-refractivity contribution in [2.24, 2.45) is 7.05 Å². The largest absolute Gasteiger partial charge is 0.313 e. The van der Waals surface area contributed by atoms with Crippen LogP contribution in [0.5, 0.6) is 0 Å². The molecule has 3 heteroatoms. The zero-order chi connectivity index (χ0) is 12.4. The van der Waals surface area contributed by atoms with E-state index in [-0.39, 0.29) is 0 Å². The normalized spacial score (nSPS) is 22.1. The van der Waals surface area contributed by atoms with Crippen molar-refractivity contribution < 1.29 is 0 Å². The number of nitrogens with one attached hydrogen (secondary N) is 1. The van der Waals surface area contributed by atoms with E-state index in [0.717, 1.165) is 18.9 Å². The average Bonchev–Trinajstić information content (AvgIpc) is 3.07. The Labute approximate surface area is 108 Å². The third kappa shape index (κ3) is 2.46. The lowest BCUT2D eigenvalue weighted by atomic mass is 10.1. The zero-order valence-electron chi connectivity index (χ0n) is 10.7. The number of hydrogen-bond donors (Lipinski definition) is 1. The zero-order valence-corrected chi connectivity index (χ0v) is 10.7. The lowest BCUT2D eigenvalue weighted by Gasteiger charge is -2.05. The first-order valence-corrected chi connectivity index (χ1v) is 6.60. The summed E-state index contributed by atoms with van der Waals surface area (Å²) in [7, 11) is 2.00. The fourth-order valence-electron chi connectivity index (χ4n) is 2.52. The molecule has 1 aromatic carbocycles. The van der Waals surface area contributed by atoms with Gasteiger partial charge in [-0.2, -0.15) is 5.10 Å². The van der Waals surface area contributed by atoms with Crippen LogP contribution in [0.3, 0.4) is 0 Å². The van der Waals surface area contributed by atoms with Gasteiger partial charge in [0.25, 0.3) is 0 Å². The van der Waals surface area contributed by atoms with Crippen molar-refractivity contribution in [2.75, 3.05) is 6.54 Å². The Kier molecular flexibility index (Phi) is 3.15. The van der Waals surface area contributed by atoms with E-state index in [0.29, 0.717) is 6.04 Å². The Morgan fingerprint density at radius 1 is 1.28 bits per heavy atom. The molecule has 1 fully saturated rings. The summed E-state index contributed by atoms with van der Waals surface area (Å²) in [5.41, 5.74) is 2.76. The van der Waals surface area contributed by atoms with E-state index < -0.39 is 0 Å². The molecule has 94 valence electrons. The summed E-state index contributed by atoms with van der Waals surface area (Å²) in [4.78, 5) is 0. The van der Waals surface area contributed by atoms with Crippen molar-refractivity contribution >= 4 is 0 Å². The molecule has 0 bridgehead atoms. The van der Waals surface area contributed by atoms with Gasteiger partial charge >= 0.3 is 0 Å². The number of hydrogen-bond acceptors (Lipinski definition) is 2. The van der Waals surface area contributed by atoms with Crippen LogP contribution >= 0.6 is 0 Å². The molecule has 1 aliphatic carbocycles. The van der Waals surface area contributed by atoms with Crippen molar-refractivity contribution in [1.29, 1.82) is 0 Å². The number of nitrogens with zero attached hydrogens (tertiary/aromatic N) is 2. The van der Waals surface area contributed by atoms with Crippen molar-refractivity contribution in [2.45, 2.75) is 24.8 Å². The Morgan fingerprint density at radius 2 is 2.11 bits per heavy atom. The fourth-order valence-corrected chi connectivity index (χ4v) is 2.52. The molecule has 1 aromatic heterocycles. The van der Waals surface area contributed by atoms with E-state index in [1.54, 1.807) is 0 Å². The molecule has 3 rings (SSSR count). The number of aromatic nitrogens is 2. The van der Waals surface area contributed by atoms with Crippen molar-refractivity contribution in [3.8, 4) is 0 Å². The van der Waals surface area contributed by atoms with Gasteiger partial charge in [0, 0.05) is 43.9 Å². The van der Waals surface area contributed by atoms with Crippen LogP contribution in [0.4, 0.5) is 0 Å². The van der Waals surface area contributed by atoms with E-state index in [2.05, 4.69) is 46.8 Å². The van der Waals surface area contributed by atoms with Gasteiger partial charge in [0.1, 0.15) is 0 Å². The second-order valence-electron chi connectivity index (χ2n) is 5.01. The van der Waals surface area contributed by atoms with Crippen molar-refractivity contribution in [1.82, 2.24) is 15.1 Å². The highest BCUT2D eigenvalue weighted by atomic mass is 15.3. The predicted molar refractivity (Wildman–Crippen MR) is 72.5 cm³/mol. The van der Waals surface area contributed by atoms with Crippen molar-refractivity contribution in [3.63, 3.8) is 0 Å². The molecule has 0 amide bonds. The van der Waals surface area contributed by atoms with E-state index >= 15 is 0 Å². The molecule has 1 N–H and O–H groups in total.